The normalized spacial score (nSPS) is 24.6. The van der Waals surface area contributed by atoms with Gasteiger partial charge in [0.05, 0.1) is 6.42 Å². The number of rotatable bonds is 3. The van der Waals surface area contributed by atoms with Gasteiger partial charge < -0.3 is 10.2 Å². The van der Waals surface area contributed by atoms with E-state index in [0.717, 1.165) is 25.7 Å². The molecule has 1 atom stereocenters. The van der Waals surface area contributed by atoms with Gasteiger partial charge in [-0.1, -0.05) is 25.7 Å². The van der Waals surface area contributed by atoms with E-state index >= 15 is 0 Å². The number of nitrogens with zero attached hydrogens (tertiary/aromatic N) is 1. The first-order valence-corrected chi connectivity index (χ1v) is 6.95. The van der Waals surface area contributed by atoms with Crippen LogP contribution in [0.2, 0.25) is 0 Å². The van der Waals surface area contributed by atoms with Crippen molar-refractivity contribution in [3.63, 3.8) is 0 Å². The molecule has 19 heavy (non-hydrogen) atoms. The number of hydrogen-bond acceptors (Lipinski definition) is 3. The largest absolute Gasteiger partial charge is 0.343 e. The summed E-state index contributed by atoms with van der Waals surface area (Å²) in [7, 11) is 1.80. The molecule has 1 aliphatic heterocycles. The Morgan fingerprint density at radius 3 is 2.37 bits per heavy atom. The van der Waals surface area contributed by atoms with Crippen LogP contribution in [0.1, 0.15) is 44.9 Å². The lowest BCUT2D eigenvalue weighted by Crippen LogP contribution is -2.41. The molecule has 6 nitrogen and oxygen atoms in total. The third-order valence-corrected chi connectivity index (χ3v) is 4.00. The lowest BCUT2D eigenvalue weighted by atomic mass is 10.1. The molecule has 1 saturated carbocycles. The highest BCUT2D eigenvalue weighted by Crippen LogP contribution is 2.21. The number of hydrogen-bond donors (Lipinski definition) is 2. The standard InChI is InChI=1S/C13H21N3O3/c1-16(9-6-4-2-3-5-7-9)11(17)8-10-12(18)15-13(19)14-10/h9-10H,2-8H2,1H3,(H2,14,15,18,19)/t10-/m0/s1. The van der Waals surface area contributed by atoms with Gasteiger partial charge in [0, 0.05) is 13.1 Å². The lowest BCUT2D eigenvalue weighted by molar-refractivity contribution is -0.134. The van der Waals surface area contributed by atoms with Crippen LogP contribution in [-0.4, -0.2) is 41.9 Å². The van der Waals surface area contributed by atoms with Crippen LogP contribution in [0.4, 0.5) is 4.79 Å². The first-order chi connectivity index (χ1) is 9.08. The quantitative estimate of drug-likeness (QED) is 0.585. The number of carbonyl (C=O) groups is 3. The summed E-state index contributed by atoms with van der Waals surface area (Å²) >= 11 is 0. The summed E-state index contributed by atoms with van der Waals surface area (Å²) < 4.78 is 0. The van der Waals surface area contributed by atoms with Crippen molar-refractivity contribution in [2.45, 2.75) is 57.0 Å². The smallest absolute Gasteiger partial charge is 0.322 e. The molecule has 0 aromatic carbocycles. The fraction of sp³-hybridized carbons (Fsp3) is 0.769. The number of urea groups is 1. The highest BCUT2D eigenvalue weighted by molar-refractivity contribution is 6.05. The third kappa shape index (κ3) is 3.45. The van der Waals surface area contributed by atoms with Gasteiger partial charge >= 0.3 is 6.03 Å². The summed E-state index contributed by atoms with van der Waals surface area (Å²) in [6, 6.07) is -0.955. The minimum Gasteiger partial charge on any atom is -0.343 e. The van der Waals surface area contributed by atoms with Crippen LogP contribution in [-0.2, 0) is 9.59 Å². The molecular weight excluding hydrogens is 246 g/mol. The number of imide groups is 1. The van der Waals surface area contributed by atoms with Gasteiger partial charge in [-0.05, 0) is 12.8 Å². The van der Waals surface area contributed by atoms with Crippen LogP contribution < -0.4 is 10.6 Å². The van der Waals surface area contributed by atoms with Crippen LogP contribution in [0.15, 0.2) is 0 Å². The van der Waals surface area contributed by atoms with Crippen LogP contribution in [0.25, 0.3) is 0 Å². The Hall–Kier alpha value is -1.59. The summed E-state index contributed by atoms with van der Waals surface area (Å²) in [5.74, 6) is -0.484. The van der Waals surface area contributed by atoms with E-state index in [1.807, 2.05) is 0 Å². The molecule has 106 valence electrons. The van der Waals surface area contributed by atoms with Crippen molar-refractivity contribution in [1.82, 2.24) is 15.5 Å². The van der Waals surface area contributed by atoms with Crippen molar-refractivity contribution in [1.29, 1.82) is 0 Å². The van der Waals surface area contributed by atoms with Gasteiger partial charge in [0.25, 0.3) is 5.91 Å². The van der Waals surface area contributed by atoms with Gasteiger partial charge in [-0.3, -0.25) is 14.9 Å². The zero-order valence-electron chi connectivity index (χ0n) is 11.3. The molecule has 2 fully saturated rings. The maximum absolute atomic E-state index is 12.2. The fourth-order valence-electron chi connectivity index (χ4n) is 2.77. The average Bonchev–Trinajstić information content (AvgIpc) is 2.61. The molecule has 4 amide bonds. The second-order valence-electron chi connectivity index (χ2n) is 5.37. The van der Waals surface area contributed by atoms with Crippen molar-refractivity contribution < 1.29 is 14.4 Å². The van der Waals surface area contributed by atoms with E-state index in [0.29, 0.717) is 0 Å². The topological polar surface area (TPSA) is 78.5 Å². The maximum atomic E-state index is 12.2. The highest BCUT2D eigenvalue weighted by Gasteiger charge is 2.33. The van der Waals surface area contributed by atoms with Crippen LogP contribution in [0.3, 0.4) is 0 Å². The van der Waals surface area contributed by atoms with Crippen molar-refractivity contribution in [2.24, 2.45) is 0 Å². The number of carbonyl (C=O) groups excluding carboxylic acids is 3. The molecule has 1 saturated heterocycles. The molecule has 2 rings (SSSR count). The first-order valence-electron chi connectivity index (χ1n) is 6.95. The Bertz CT molecular complexity index is 375. The van der Waals surface area contributed by atoms with Gasteiger partial charge in [-0.15, -0.1) is 0 Å². The van der Waals surface area contributed by atoms with Crippen LogP contribution in [0, 0.1) is 0 Å². The summed E-state index contributed by atoms with van der Waals surface area (Å²) in [6.45, 7) is 0. The molecule has 2 N–H and O–H groups in total. The number of amides is 4. The molecule has 1 heterocycles. The SMILES string of the molecule is CN(C(=O)C[C@@H]1NC(=O)NC1=O)C1CCCCCC1. The Labute approximate surface area is 112 Å². The molecule has 1 aliphatic carbocycles. The molecule has 0 spiro atoms. The Kier molecular flexibility index (Phi) is 4.39. The second kappa shape index (κ2) is 6.04. The van der Waals surface area contributed by atoms with E-state index in [9.17, 15) is 14.4 Å². The molecule has 0 bridgehead atoms. The van der Waals surface area contributed by atoms with Gasteiger partial charge in [-0.2, -0.15) is 0 Å². The van der Waals surface area contributed by atoms with Crippen molar-refractivity contribution in [2.75, 3.05) is 7.05 Å². The molecule has 0 aromatic rings. The summed E-state index contributed by atoms with van der Waals surface area (Å²) in [5.41, 5.74) is 0. The molecule has 6 heteroatoms. The van der Waals surface area contributed by atoms with E-state index in [4.69, 9.17) is 0 Å². The Morgan fingerprint density at radius 1 is 1.21 bits per heavy atom. The number of nitrogens with one attached hydrogen (secondary N) is 2. The predicted octanol–water partition coefficient (Wildman–Crippen LogP) is 0.766. The summed E-state index contributed by atoms with van der Waals surface area (Å²) in [4.78, 5) is 36.3. The fourth-order valence-corrected chi connectivity index (χ4v) is 2.77. The van der Waals surface area contributed by atoms with E-state index in [-0.39, 0.29) is 18.4 Å². The molecule has 0 unspecified atom stereocenters. The minimum atomic E-state index is -0.715. The molecule has 0 radical (unpaired) electrons. The first kappa shape index (κ1) is 13.8. The van der Waals surface area contributed by atoms with Gasteiger partial charge in [0.2, 0.25) is 5.91 Å². The summed E-state index contributed by atoms with van der Waals surface area (Å²) in [5, 5.41) is 4.60. The zero-order chi connectivity index (χ0) is 13.8. The van der Waals surface area contributed by atoms with Gasteiger partial charge in [0.1, 0.15) is 6.04 Å². The van der Waals surface area contributed by atoms with Crippen LogP contribution in [0.5, 0.6) is 0 Å². The van der Waals surface area contributed by atoms with E-state index in [1.54, 1.807) is 11.9 Å². The third-order valence-electron chi connectivity index (χ3n) is 4.00. The maximum Gasteiger partial charge on any atom is 0.322 e. The summed E-state index contributed by atoms with van der Waals surface area (Å²) in [6.07, 6.45) is 6.90. The minimum absolute atomic E-state index is 0.0462. The van der Waals surface area contributed by atoms with E-state index in [2.05, 4.69) is 10.6 Å². The van der Waals surface area contributed by atoms with E-state index in [1.165, 1.54) is 12.8 Å². The van der Waals surface area contributed by atoms with Gasteiger partial charge in [-0.25, -0.2) is 4.79 Å². The van der Waals surface area contributed by atoms with Crippen LogP contribution >= 0.6 is 0 Å². The Morgan fingerprint density at radius 2 is 1.84 bits per heavy atom. The van der Waals surface area contributed by atoms with Crippen molar-refractivity contribution in [3.05, 3.63) is 0 Å². The molecular formula is C13H21N3O3. The zero-order valence-corrected chi connectivity index (χ0v) is 11.3. The Balaban J connectivity index is 1.88. The average molecular weight is 267 g/mol. The monoisotopic (exact) mass is 267 g/mol. The molecule has 0 aromatic heterocycles. The highest BCUT2D eigenvalue weighted by atomic mass is 16.2. The molecule has 2 aliphatic rings. The van der Waals surface area contributed by atoms with Crippen molar-refractivity contribution in [3.8, 4) is 0 Å². The second-order valence-corrected chi connectivity index (χ2v) is 5.37. The van der Waals surface area contributed by atoms with Crippen molar-refractivity contribution >= 4 is 17.8 Å². The lowest BCUT2D eigenvalue weighted by Gasteiger charge is -2.27. The van der Waals surface area contributed by atoms with Gasteiger partial charge in [0.15, 0.2) is 0 Å². The van der Waals surface area contributed by atoms with E-state index < -0.39 is 18.0 Å². The predicted molar refractivity (Wildman–Crippen MR) is 69.3 cm³/mol.